The number of rotatable bonds is 1. The van der Waals surface area contributed by atoms with Gasteiger partial charge in [-0.15, -0.1) is 11.3 Å². The monoisotopic (exact) mass is 370 g/mol. The number of para-hydroxylation sites is 2. The highest BCUT2D eigenvalue weighted by Gasteiger charge is 2.23. The second kappa shape index (κ2) is 5.01. The number of aromatic nitrogens is 2. The molecule has 0 amide bonds. The van der Waals surface area contributed by atoms with E-state index in [-0.39, 0.29) is 24.0 Å². The molecule has 0 saturated heterocycles. The zero-order chi connectivity index (χ0) is 12.0. The van der Waals surface area contributed by atoms with Crippen molar-refractivity contribution < 1.29 is 28.5 Å². The highest BCUT2D eigenvalue weighted by atomic mass is 127. The Labute approximate surface area is 128 Å². The van der Waals surface area contributed by atoms with Gasteiger partial charge in [-0.2, -0.15) is 0 Å². The van der Waals surface area contributed by atoms with Crippen molar-refractivity contribution in [1.82, 2.24) is 4.57 Å². The molecule has 3 rings (SSSR count). The first-order valence-corrected chi connectivity index (χ1v) is 6.56. The van der Waals surface area contributed by atoms with Crippen molar-refractivity contribution in [1.29, 1.82) is 0 Å². The number of hydrogen-bond donors (Lipinski definition) is 0. The number of aryl methyl sites for hydroxylation is 3. The van der Waals surface area contributed by atoms with Gasteiger partial charge < -0.3 is 24.0 Å². The van der Waals surface area contributed by atoms with Crippen molar-refractivity contribution in [2.75, 3.05) is 0 Å². The van der Waals surface area contributed by atoms with Crippen LogP contribution in [-0.4, -0.2) is 4.57 Å². The number of nitrogens with zero attached hydrogens (tertiary/aromatic N) is 2. The van der Waals surface area contributed by atoms with Gasteiger partial charge in [0, 0.05) is 0 Å². The molecule has 2 heterocycles. The number of benzene rings is 1. The van der Waals surface area contributed by atoms with Crippen molar-refractivity contribution in [3.05, 3.63) is 41.3 Å². The van der Waals surface area contributed by atoms with Crippen LogP contribution in [0.2, 0.25) is 0 Å². The van der Waals surface area contributed by atoms with Gasteiger partial charge in [-0.3, -0.25) is 0 Å². The number of hydrogen-bond acceptors (Lipinski definition) is 1. The molecule has 0 atom stereocenters. The number of halogens is 1. The van der Waals surface area contributed by atoms with Gasteiger partial charge in [-0.05, 0) is 36.1 Å². The van der Waals surface area contributed by atoms with Gasteiger partial charge in [0.15, 0.2) is 11.0 Å². The van der Waals surface area contributed by atoms with Gasteiger partial charge in [0.05, 0.1) is 14.1 Å². The molecule has 0 bridgehead atoms. The third-order valence-corrected chi connectivity index (χ3v) is 4.32. The first kappa shape index (κ1) is 13.5. The SMILES string of the molecule is Cc1ccsc1-c1n(C)c2ccccc2[n+]1C.[I-]. The van der Waals surface area contributed by atoms with Crippen LogP contribution in [0.5, 0.6) is 0 Å². The maximum absolute atomic E-state index is 2.27. The number of fused-ring (bicyclic) bond motifs is 1. The third kappa shape index (κ3) is 1.87. The average molecular weight is 370 g/mol. The standard InChI is InChI=1S/C14H15N2S.HI/c1-10-8-9-17-13(10)14-15(2)11-6-4-5-7-12(11)16(14)3;/h4-9H,1-3H3;1H/q+1;/p-1. The molecule has 0 aliphatic heterocycles. The van der Waals surface area contributed by atoms with Crippen LogP contribution >= 0.6 is 11.3 Å². The fraction of sp³-hybridized carbons (Fsp3) is 0.214. The highest BCUT2D eigenvalue weighted by Crippen LogP contribution is 2.28. The van der Waals surface area contributed by atoms with Gasteiger partial charge in [0.2, 0.25) is 0 Å². The van der Waals surface area contributed by atoms with Crippen LogP contribution in [0.1, 0.15) is 5.56 Å². The largest absolute Gasteiger partial charge is 1.00 e. The molecule has 0 spiro atoms. The van der Waals surface area contributed by atoms with Gasteiger partial charge in [-0.25, -0.2) is 9.13 Å². The molecule has 0 aliphatic carbocycles. The zero-order valence-electron chi connectivity index (χ0n) is 10.6. The number of imidazole rings is 1. The molecule has 4 heteroatoms. The van der Waals surface area contributed by atoms with Crippen molar-refractivity contribution in [3.63, 3.8) is 0 Å². The second-order valence-corrected chi connectivity index (χ2v) is 5.28. The van der Waals surface area contributed by atoms with Crippen molar-refractivity contribution in [3.8, 4) is 10.7 Å². The summed E-state index contributed by atoms with van der Waals surface area (Å²) in [6.07, 6.45) is 0. The van der Waals surface area contributed by atoms with E-state index in [9.17, 15) is 0 Å². The molecule has 18 heavy (non-hydrogen) atoms. The first-order chi connectivity index (χ1) is 8.20. The summed E-state index contributed by atoms with van der Waals surface area (Å²) in [6, 6.07) is 10.7. The minimum atomic E-state index is 0. The summed E-state index contributed by atoms with van der Waals surface area (Å²) >= 11 is 1.80. The van der Waals surface area contributed by atoms with E-state index in [1.165, 1.54) is 27.3 Å². The Morgan fingerprint density at radius 2 is 1.89 bits per heavy atom. The highest BCUT2D eigenvalue weighted by molar-refractivity contribution is 7.13. The number of thiophene rings is 1. The van der Waals surface area contributed by atoms with E-state index in [4.69, 9.17) is 0 Å². The van der Waals surface area contributed by atoms with Crippen LogP contribution in [0, 0.1) is 6.92 Å². The predicted molar refractivity (Wildman–Crippen MR) is 72.1 cm³/mol. The smallest absolute Gasteiger partial charge is 0.299 e. The molecule has 1 aromatic carbocycles. The third-order valence-electron chi connectivity index (χ3n) is 3.31. The van der Waals surface area contributed by atoms with Crippen LogP contribution in [0.4, 0.5) is 0 Å². The van der Waals surface area contributed by atoms with E-state index in [0.717, 1.165) is 0 Å². The molecule has 0 unspecified atom stereocenters. The summed E-state index contributed by atoms with van der Waals surface area (Å²) < 4.78 is 4.54. The Hall–Kier alpha value is -0.880. The lowest BCUT2D eigenvalue weighted by Gasteiger charge is -1.96. The van der Waals surface area contributed by atoms with Crippen LogP contribution in [0.3, 0.4) is 0 Å². The molecule has 0 N–H and O–H groups in total. The predicted octanol–water partition coefficient (Wildman–Crippen LogP) is 0.0437. The van der Waals surface area contributed by atoms with Crippen LogP contribution in [-0.2, 0) is 14.1 Å². The minimum absolute atomic E-state index is 0. The van der Waals surface area contributed by atoms with E-state index in [1.807, 2.05) is 0 Å². The van der Waals surface area contributed by atoms with E-state index >= 15 is 0 Å². The summed E-state index contributed by atoms with van der Waals surface area (Å²) in [6.45, 7) is 2.17. The summed E-state index contributed by atoms with van der Waals surface area (Å²) in [4.78, 5) is 1.35. The molecular weight excluding hydrogens is 355 g/mol. The first-order valence-electron chi connectivity index (χ1n) is 5.68. The Balaban J connectivity index is 0.00000120. The fourth-order valence-electron chi connectivity index (χ4n) is 2.39. The summed E-state index contributed by atoms with van der Waals surface area (Å²) in [5, 5.41) is 2.16. The van der Waals surface area contributed by atoms with E-state index in [0.29, 0.717) is 0 Å². The molecule has 3 aromatic rings. The molecule has 2 nitrogen and oxygen atoms in total. The Bertz CT molecular complexity index is 658. The Morgan fingerprint density at radius 3 is 2.50 bits per heavy atom. The van der Waals surface area contributed by atoms with E-state index < -0.39 is 0 Å². The molecule has 0 saturated carbocycles. The minimum Gasteiger partial charge on any atom is -1.00 e. The van der Waals surface area contributed by atoms with Crippen LogP contribution in [0.25, 0.3) is 21.7 Å². The lowest BCUT2D eigenvalue weighted by atomic mass is 10.3. The molecule has 0 aliphatic rings. The van der Waals surface area contributed by atoms with Gasteiger partial charge in [0.25, 0.3) is 5.82 Å². The maximum atomic E-state index is 2.27. The average Bonchev–Trinajstić information content (AvgIpc) is 2.84. The summed E-state index contributed by atoms with van der Waals surface area (Å²) in [5.74, 6) is 1.28. The van der Waals surface area contributed by atoms with E-state index in [1.54, 1.807) is 11.3 Å². The zero-order valence-corrected chi connectivity index (χ0v) is 13.6. The molecule has 0 fully saturated rings. The van der Waals surface area contributed by atoms with Crippen molar-refractivity contribution in [2.45, 2.75) is 6.92 Å². The topological polar surface area (TPSA) is 8.81 Å². The van der Waals surface area contributed by atoms with Crippen molar-refractivity contribution >= 4 is 22.4 Å². The van der Waals surface area contributed by atoms with Gasteiger partial charge in [0.1, 0.15) is 4.88 Å². The molecule has 2 aromatic heterocycles. The summed E-state index contributed by atoms with van der Waals surface area (Å²) in [5.41, 5.74) is 3.90. The molecule has 94 valence electrons. The van der Waals surface area contributed by atoms with Gasteiger partial charge in [-0.1, -0.05) is 12.1 Å². The lowest BCUT2D eigenvalue weighted by Crippen LogP contribution is -3.00. The second-order valence-electron chi connectivity index (χ2n) is 4.36. The lowest BCUT2D eigenvalue weighted by molar-refractivity contribution is -0.633. The quantitative estimate of drug-likeness (QED) is 0.423. The van der Waals surface area contributed by atoms with Crippen molar-refractivity contribution in [2.24, 2.45) is 14.1 Å². The van der Waals surface area contributed by atoms with Crippen LogP contribution < -0.4 is 28.5 Å². The normalized spacial score (nSPS) is 10.6. The van der Waals surface area contributed by atoms with Crippen LogP contribution in [0.15, 0.2) is 35.7 Å². The van der Waals surface area contributed by atoms with E-state index in [2.05, 4.69) is 65.9 Å². The molecular formula is C14H15IN2S. The Morgan fingerprint density at radius 1 is 1.17 bits per heavy atom. The maximum Gasteiger partial charge on any atom is 0.299 e. The molecule has 0 radical (unpaired) electrons. The van der Waals surface area contributed by atoms with Gasteiger partial charge >= 0.3 is 0 Å². The fourth-order valence-corrected chi connectivity index (χ4v) is 3.43. The Kier molecular flexibility index (Phi) is 3.77. The summed E-state index contributed by atoms with van der Waals surface area (Å²) in [7, 11) is 4.27.